The van der Waals surface area contributed by atoms with E-state index >= 15 is 0 Å². The number of anilines is 1. The van der Waals surface area contributed by atoms with Crippen LogP contribution < -0.4 is 5.32 Å². The number of fused-ring (bicyclic) bond motifs is 2. The summed E-state index contributed by atoms with van der Waals surface area (Å²) in [6.07, 6.45) is 0.301. The fourth-order valence-electron chi connectivity index (χ4n) is 5.54. The largest absolute Gasteiger partial charge is 0.394 e. The summed E-state index contributed by atoms with van der Waals surface area (Å²) in [6, 6.07) is 4.76. The van der Waals surface area contributed by atoms with E-state index in [2.05, 4.69) is 5.32 Å². The van der Waals surface area contributed by atoms with E-state index in [1.807, 2.05) is 0 Å². The van der Waals surface area contributed by atoms with E-state index in [9.17, 15) is 36.6 Å². The van der Waals surface area contributed by atoms with Crippen LogP contribution in [0.1, 0.15) is 36.0 Å². The molecule has 1 amide bonds. The molecule has 2 aromatic carbocycles. The SMILES string of the molecule is O=C(Nc1cc(F)c(F)c(F)c1)c1ccc(Cl)c(S(=O)(=O)[C@H]2C3CC[C@H]2C[C@](O)(COCC(O)CO)C3)c1. The summed E-state index contributed by atoms with van der Waals surface area (Å²) < 4.78 is 73.1. The lowest BCUT2D eigenvalue weighted by atomic mass is 9.77. The average Bonchev–Trinajstić information content (AvgIpc) is 3.15. The summed E-state index contributed by atoms with van der Waals surface area (Å²) in [7, 11) is -4.07. The first-order valence-corrected chi connectivity index (χ1v) is 13.9. The van der Waals surface area contributed by atoms with Crippen LogP contribution in [0.15, 0.2) is 35.2 Å². The zero-order valence-corrected chi connectivity index (χ0v) is 21.6. The van der Waals surface area contributed by atoms with E-state index in [0.29, 0.717) is 25.0 Å². The average molecular weight is 578 g/mol. The monoisotopic (exact) mass is 577 g/mol. The number of rotatable bonds is 9. The molecule has 2 bridgehead atoms. The van der Waals surface area contributed by atoms with E-state index in [0.717, 1.165) is 6.07 Å². The van der Waals surface area contributed by atoms with Gasteiger partial charge in [0.15, 0.2) is 27.3 Å². The first kappa shape index (κ1) is 28.8. The van der Waals surface area contributed by atoms with Crippen molar-refractivity contribution in [3.8, 4) is 0 Å². The first-order chi connectivity index (χ1) is 17.8. The van der Waals surface area contributed by atoms with Crippen molar-refractivity contribution in [3.63, 3.8) is 0 Å². The Balaban J connectivity index is 1.53. The van der Waals surface area contributed by atoms with Gasteiger partial charge in [0.1, 0.15) is 6.10 Å². The number of hydrogen-bond donors (Lipinski definition) is 4. The lowest BCUT2D eigenvalue weighted by Crippen LogP contribution is -2.48. The predicted octanol–water partition coefficient (Wildman–Crippen LogP) is 3.07. The van der Waals surface area contributed by atoms with E-state index in [1.54, 1.807) is 0 Å². The van der Waals surface area contributed by atoms with Crippen LogP contribution in [0, 0.1) is 29.3 Å². The lowest BCUT2D eigenvalue weighted by Gasteiger charge is -2.40. The minimum atomic E-state index is -4.07. The van der Waals surface area contributed by atoms with Crippen molar-refractivity contribution in [2.45, 2.75) is 47.5 Å². The van der Waals surface area contributed by atoms with Crippen LogP contribution in [0.5, 0.6) is 0 Å². The number of amides is 1. The molecule has 8 nitrogen and oxygen atoms in total. The maximum atomic E-state index is 13.8. The molecular formula is C25H27ClF3NO7S. The molecule has 13 heteroatoms. The third-order valence-corrected chi connectivity index (χ3v) is 9.99. The lowest BCUT2D eigenvalue weighted by molar-refractivity contribution is -0.0986. The molecule has 38 heavy (non-hydrogen) atoms. The van der Waals surface area contributed by atoms with E-state index < -0.39 is 68.6 Å². The van der Waals surface area contributed by atoms with Gasteiger partial charge in [0.25, 0.3) is 5.91 Å². The minimum absolute atomic E-state index is 0.109. The number of halogens is 4. The zero-order valence-electron chi connectivity index (χ0n) is 20.0. The van der Waals surface area contributed by atoms with Crippen molar-refractivity contribution < 1.29 is 46.4 Å². The summed E-state index contributed by atoms with van der Waals surface area (Å²) in [5, 5.41) is 30.6. The molecule has 2 fully saturated rings. The molecule has 5 atom stereocenters. The van der Waals surface area contributed by atoms with Crippen LogP contribution in [0.4, 0.5) is 18.9 Å². The van der Waals surface area contributed by atoms with Gasteiger partial charge in [-0.1, -0.05) is 11.6 Å². The van der Waals surface area contributed by atoms with Crippen molar-refractivity contribution in [2.75, 3.05) is 25.1 Å². The third-order valence-electron chi connectivity index (χ3n) is 7.11. The Kier molecular flexibility index (Phi) is 8.41. The molecule has 208 valence electrons. The second-order valence-corrected chi connectivity index (χ2v) is 12.4. The summed E-state index contributed by atoms with van der Waals surface area (Å²) in [5.74, 6) is -6.38. The molecule has 0 radical (unpaired) electrons. The van der Waals surface area contributed by atoms with Crippen LogP contribution in [0.3, 0.4) is 0 Å². The Bertz CT molecular complexity index is 1290. The molecular weight excluding hydrogens is 551 g/mol. The quantitative estimate of drug-likeness (QED) is 0.337. The fraction of sp³-hybridized carbons (Fsp3) is 0.480. The smallest absolute Gasteiger partial charge is 0.255 e. The molecule has 4 rings (SSSR count). The predicted molar refractivity (Wildman–Crippen MR) is 131 cm³/mol. The topological polar surface area (TPSA) is 133 Å². The van der Waals surface area contributed by atoms with Crippen molar-refractivity contribution in [2.24, 2.45) is 11.8 Å². The van der Waals surface area contributed by atoms with Crippen LogP contribution in [-0.4, -0.2) is 66.4 Å². The summed E-state index contributed by atoms with van der Waals surface area (Å²) in [4.78, 5) is 12.4. The summed E-state index contributed by atoms with van der Waals surface area (Å²) in [6.45, 7) is -0.776. The molecule has 0 heterocycles. The van der Waals surface area contributed by atoms with Crippen molar-refractivity contribution in [1.82, 2.24) is 0 Å². The molecule has 2 unspecified atom stereocenters. The molecule has 2 aromatic rings. The molecule has 0 aliphatic heterocycles. The molecule has 2 aliphatic rings. The number of aliphatic hydroxyl groups excluding tert-OH is 2. The Morgan fingerprint density at radius 1 is 1.13 bits per heavy atom. The maximum Gasteiger partial charge on any atom is 0.255 e. The van der Waals surface area contributed by atoms with Crippen LogP contribution in [0.25, 0.3) is 0 Å². The van der Waals surface area contributed by atoms with Crippen LogP contribution >= 0.6 is 11.6 Å². The normalized spacial score (nSPS) is 25.8. The van der Waals surface area contributed by atoms with Gasteiger partial charge >= 0.3 is 0 Å². The second kappa shape index (κ2) is 11.1. The highest BCUT2D eigenvalue weighted by Gasteiger charge is 2.54. The highest BCUT2D eigenvalue weighted by molar-refractivity contribution is 7.92. The van der Waals surface area contributed by atoms with Crippen molar-refractivity contribution >= 4 is 33.0 Å². The van der Waals surface area contributed by atoms with Gasteiger partial charge in [-0.3, -0.25) is 4.79 Å². The van der Waals surface area contributed by atoms with E-state index in [-0.39, 0.29) is 47.2 Å². The van der Waals surface area contributed by atoms with Crippen molar-refractivity contribution in [3.05, 3.63) is 58.4 Å². The van der Waals surface area contributed by atoms with Gasteiger partial charge < -0.3 is 25.4 Å². The molecule has 4 N–H and O–H groups in total. The minimum Gasteiger partial charge on any atom is -0.394 e. The molecule has 0 saturated heterocycles. The van der Waals surface area contributed by atoms with Gasteiger partial charge in [0.2, 0.25) is 0 Å². The number of carbonyl (C=O) groups is 1. The van der Waals surface area contributed by atoms with Crippen molar-refractivity contribution in [1.29, 1.82) is 0 Å². The Morgan fingerprint density at radius 3 is 2.32 bits per heavy atom. The highest BCUT2D eigenvalue weighted by Crippen LogP contribution is 2.51. The zero-order chi connectivity index (χ0) is 27.8. The van der Waals surface area contributed by atoms with E-state index in [4.69, 9.17) is 21.4 Å². The van der Waals surface area contributed by atoms with Gasteiger partial charge in [0, 0.05) is 23.4 Å². The first-order valence-electron chi connectivity index (χ1n) is 11.9. The molecule has 0 spiro atoms. The molecule has 0 aromatic heterocycles. The Morgan fingerprint density at radius 2 is 1.74 bits per heavy atom. The number of hydrogen-bond acceptors (Lipinski definition) is 7. The number of aliphatic hydroxyl groups is 3. The highest BCUT2D eigenvalue weighted by atomic mass is 35.5. The Labute approximate surface area is 222 Å². The maximum absolute atomic E-state index is 13.8. The third kappa shape index (κ3) is 5.85. The van der Waals surface area contributed by atoms with Gasteiger partial charge in [-0.25, -0.2) is 21.6 Å². The summed E-state index contributed by atoms with van der Waals surface area (Å²) in [5.41, 5.74) is -1.80. The fourth-order valence-corrected chi connectivity index (χ4v) is 8.38. The Hall–Kier alpha value is -2.22. The van der Waals surface area contributed by atoms with Gasteiger partial charge in [-0.05, 0) is 55.7 Å². The number of nitrogens with one attached hydrogen (secondary N) is 1. The van der Waals surface area contributed by atoms with Gasteiger partial charge in [0.05, 0.1) is 40.6 Å². The van der Waals surface area contributed by atoms with Crippen LogP contribution in [0.2, 0.25) is 5.02 Å². The van der Waals surface area contributed by atoms with Gasteiger partial charge in [-0.2, -0.15) is 0 Å². The standard InChI is InChI=1S/C25H27ClF3NO7S/c26-18-4-3-13(24(33)30-16-6-19(27)22(29)20(28)7-16)5-21(18)38(35,36)23-14-1-2-15(23)9-25(34,8-14)12-37-11-17(32)10-31/h3-7,14-15,17,23,31-32,34H,1-2,8-12H2,(H,30,33)/t14-,15?,17?,23+,25+/m0/s1. The molecule has 2 saturated carbocycles. The number of benzene rings is 2. The second-order valence-electron chi connectivity index (χ2n) is 9.94. The van der Waals surface area contributed by atoms with Gasteiger partial charge in [-0.15, -0.1) is 0 Å². The number of carbonyl (C=O) groups excluding carboxylic acids is 1. The summed E-state index contributed by atoms with van der Waals surface area (Å²) >= 11 is 6.24. The van der Waals surface area contributed by atoms with E-state index in [1.165, 1.54) is 12.1 Å². The number of sulfone groups is 1. The van der Waals surface area contributed by atoms with Crippen LogP contribution in [-0.2, 0) is 14.6 Å². The molecule has 2 aliphatic carbocycles. The number of ether oxygens (including phenoxy) is 1.